The lowest BCUT2D eigenvalue weighted by atomic mass is 10.0. The molecule has 10 heteroatoms. The second kappa shape index (κ2) is 8.30. The number of amides is 1. The number of carbonyl (C=O) groups excluding carboxylic acids is 1. The molecule has 2 aliphatic rings. The van der Waals surface area contributed by atoms with E-state index < -0.39 is 10.2 Å². The molecule has 1 N–H and O–H groups in total. The van der Waals surface area contributed by atoms with Gasteiger partial charge in [-0.2, -0.15) is 17.0 Å². The van der Waals surface area contributed by atoms with Crippen LogP contribution in [0.15, 0.2) is 0 Å². The van der Waals surface area contributed by atoms with Crippen molar-refractivity contribution in [1.82, 2.24) is 23.5 Å². The molecule has 0 aliphatic carbocycles. The average molecular weight is 411 g/mol. The predicted octanol–water partition coefficient (Wildman–Crippen LogP) is 0.799. The van der Waals surface area contributed by atoms with Gasteiger partial charge in [-0.3, -0.25) is 4.79 Å². The van der Waals surface area contributed by atoms with Crippen molar-refractivity contribution in [2.24, 2.45) is 0 Å². The molecule has 0 spiro atoms. The molecule has 1 amide bonds. The molecule has 0 radical (unpaired) electrons. The fraction of sp³-hybridized carbons (Fsp3) is 0.722. The highest BCUT2D eigenvalue weighted by atomic mass is 32.2. The van der Waals surface area contributed by atoms with Gasteiger partial charge >= 0.3 is 0 Å². The van der Waals surface area contributed by atoms with Crippen LogP contribution in [0.5, 0.6) is 0 Å². The van der Waals surface area contributed by atoms with Crippen LogP contribution < -0.4 is 5.32 Å². The molecule has 1 saturated heterocycles. The van der Waals surface area contributed by atoms with Gasteiger partial charge in [-0.15, -0.1) is 0 Å². The molecule has 3 heterocycles. The molecule has 9 nitrogen and oxygen atoms in total. The van der Waals surface area contributed by atoms with Crippen molar-refractivity contribution < 1.29 is 13.2 Å². The van der Waals surface area contributed by atoms with Crippen molar-refractivity contribution in [3.8, 4) is 0 Å². The monoisotopic (exact) mass is 410 g/mol. The van der Waals surface area contributed by atoms with E-state index in [-0.39, 0.29) is 11.8 Å². The number of hydrogen-bond acceptors (Lipinski definition) is 6. The van der Waals surface area contributed by atoms with E-state index in [0.717, 1.165) is 17.1 Å². The first-order chi connectivity index (χ1) is 13.3. The molecular weight excluding hydrogens is 380 g/mol. The third-order valence-electron chi connectivity index (χ3n) is 5.63. The van der Waals surface area contributed by atoms with E-state index in [2.05, 4.69) is 10.3 Å². The number of carbonyl (C=O) groups is 1. The Hall–Kier alpha value is -1.78. The molecule has 2 aliphatic heterocycles. The van der Waals surface area contributed by atoms with Crippen LogP contribution in [0, 0.1) is 0 Å². The summed E-state index contributed by atoms with van der Waals surface area (Å²) in [5.41, 5.74) is 1.91. The largest absolute Gasteiger partial charge is 0.373 e. The maximum atomic E-state index is 12.8. The number of rotatable bonds is 6. The van der Waals surface area contributed by atoms with Crippen LogP contribution in [0.3, 0.4) is 0 Å². The molecule has 0 unspecified atom stereocenters. The van der Waals surface area contributed by atoms with Crippen LogP contribution in [-0.2, 0) is 28.0 Å². The van der Waals surface area contributed by atoms with E-state index >= 15 is 0 Å². The van der Waals surface area contributed by atoms with Gasteiger partial charge in [-0.25, -0.2) is 9.97 Å². The minimum atomic E-state index is -3.44. The fourth-order valence-electron chi connectivity index (χ4n) is 3.95. The topological polar surface area (TPSA) is 98.7 Å². The van der Waals surface area contributed by atoms with E-state index in [1.54, 1.807) is 16.1 Å². The van der Waals surface area contributed by atoms with Gasteiger partial charge in [0.15, 0.2) is 0 Å². The van der Waals surface area contributed by atoms with Gasteiger partial charge in [0.25, 0.3) is 10.2 Å². The average Bonchev–Trinajstić information content (AvgIpc) is 3.18. The molecule has 0 bridgehead atoms. The van der Waals surface area contributed by atoms with E-state index in [0.29, 0.717) is 57.9 Å². The maximum absolute atomic E-state index is 12.8. The standard InChI is InChI=1S/C18H30N6O3S/c1-5-23(6-2)28(26,27)24-10-7-14(11-24)17-20-16-8-9-22(13(3)25)12-15(16)18(19-4)21-17/h14H,5-12H2,1-4H3,(H,19,20,21)/t14-/m0/s1. The molecule has 3 rings (SSSR count). The SMILES string of the molecule is CCN(CC)S(=O)(=O)N1CC[C@H](c2nc3c(c(NC)n2)CN(C(C)=O)CC3)C1. The summed E-state index contributed by atoms with van der Waals surface area (Å²) in [7, 11) is -1.63. The molecule has 1 aromatic heterocycles. The highest BCUT2D eigenvalue weighted by Crippen LogP contribution is 2.31. The van der Waals surface area contributed by atoms with Crippen LogP contribution in [0.4, 0.5) is 5.82 Å². The first kappa shape index (κ1) is 20.9. The Labute approximate surface area is 167 Å². The number of nitrogens with zero attached hydrogens (tertiary/aromatic N) is 5. The number of aromatic nitrogens is 2. The molecule has 28 heavy (non-hydrogen) atoms. The summed E-state index contributed by atoms with van der Waals surface area (Å²) in [6, 6.07) is 0. The lowest BCUT2D eigenvalue weighted by Gasteiger charge is -2.29. The molecule has 1 atom stereocenters. The first-order valence-corrected chi connectivity index (χ1v) is 11.3. The Kier molecular flexibility index (Phi) is 6.21. The number of nitrogens with one attached hydrogen (secondary N) is 1. The Morgan fingerprint density at radius 3 is 2.57 bits per heavy atom. The van der Waals surface area contributed by atoms with Crippen LogP contribution in [0.2, 0.25) is 0 Å². The van der Waals surface area contributed by atoms with E-state index in [1.807, 2.05) is 20.9 Å². The van der Waals surface area contributed by atoms with Gasteiger partial charge in [0.2, 0.25) is 5.91 Å². The zero-order valence-electron chi connectivity index (χ0n) is 17.1. The van der Waals surface area contributed by atoms with Gasteiger partial charge in [-0.1, -0.05) is 13.8 Å². The molecule has 156 valence electrons. The summed E-state index contributed by atoms with van der Waals surface area (Å²) in [6.45, 7) is 8.25. The lowest BCUT2D eigenvalue weighted by Crippen LogP contribution is -2.42. The second-order valence-corrected chi connectivity index (χ2v) is 9.16. The number of fused-ring (bicyclic) bond motifs is 1. The third kappa shape index (κ3) is 3.85. The Bertz CT molecular complexity index is 823. The summed E-state index contributed by atoms with van der Waals surface area (Å²) >= 11 is 0. The summed E-state index contributed by atoms with van der Waals surface area (Å²) in [6.07, 6.45) is 1.40. The molecule has 0 saturated carbocycles. The summed E-state index contributed by atoms with van der Waals surface area (Å²) < 4.78 is 28.6. The molecule has 1 aromatic rings. The van der Waals surface area contributed by atoms with Crippen molar-refractivity contribution in [1.29, 1.82) is 0 Å². The van der Waals surface area contributed by atoms with Gasteiger partial charge < -0.3 is 10.2 Å². The van der Waals surface area contributed by atoms with Crippen LogP contribution in [0.1, 0.15) is 50.2 Å². The molecule has 0 aromatic carbocycles. The predicted molar refractivity (Wildman–Crippen MR) is 107 cm³/mol. The fourth-order valence-corrected chi connectivity index (χ4v) is 5.64. The number of hydrogen-bond donors (Lipinski definition) is 1. The first-order valence-electron chi connectivity index (χ1n) is 9.89. The lowest BCUT2D eigenvalue weighted by molar-refractivity contribution is -0.129. The third-order valence-corrected chi connectivity index (χ3v) is 7.79. The molecular formula is C18H30N6O3S. The highest BCUT2D eigenvalue weighted by Gasteiger charge is 2.37. The van der Waals surface area contributed by atoms with Crippen LogP contribution >= 0.6 is 0 Å². The molecule has 1 fully saturated rings. The van der Waals surface area contributed by atoms with Crippen molar-refractivity contribution in [3.05, 3.63) is 17.1 Å². The van der Waals surface area contributed by atoms with Crippen molar-refractivity contribution in [2.75, 3.05) is 45.1 Å². The maximum Gasteiger partial charge on any atom is 0.281 e. The Morgan fingerprint density at radius 2 is 1.96 bits per heavy atom. The Balaban J connectivity index is 1.83. The zero-order valence-corrected chi connectivity index (χ0v) is 17.9. The smallest absolute Gasteiger partial charge is 0.281 e. The van der Waals surface area contributed by atoms with Crippen LogP contribution in [-0.4, -0.2) is 77.6 Å². The van der Waals surface area contributed by atoms with Gasteiger partial charge in [-0.05, 0) is 6.42 Å². The van der Waals surface area contributed by atoms with Crippen LogP contribution in [0.25, 0.3) is 0 Å². The minimum absolute atomic E-state index is 0.0198. The van der Waals surface area contributed by atoms with Gasteiger partial charge in [0.1, 0.15) is 11.6 Å². The Morgan fingerprint density at radius 1 is 1.25 bits per heavy atom. The van der Waals surface area contributed by atoms with Crippen molar-refractivity contribution >= 4 is 21.9 Å². The van der Waals surface area contributed by atoms with Crippen molar-refractivity contribution in [2.45, 2.75) is 46.1 Å². The van der Waals surface area contributed by atoms with Gasteiger partial charge in [0, 0.05) is 64.6 Å². The number of anilines is 1. The highest BCUT2D eigenvalue weighted by molar-refractivity contribution is 7.86. The van der Waals surface area contributed by atoms with Gasteiger partial charge in [0.05, 0.1) is 12.2 Å². The van der Waals surface area contributed by atoms with E-state index in [9.17, 15) is 13.2 Å². The van der Waals surface area contributed by atoms with E-state index in [4.69, 9.17) is 4.98 Å². The summed E-state index contributed by atoms with van der Waals surface area (Å²) in [5, 5.41) is 3.13. The van der Waals surface area contributed by atoms with E-state index in [1.165, 1.54) is 4.31 Å². The second-order valence-electron chi connectivity index (χ2n) is 7.23. The summed E-state index contributed by atoms with van der Waals surface area (Å²) in [4.78, 5) is 23.0. The zero-order chi connectivity index (χ0) is 20.5. The minimum Gasteiger partial charge on any atom is -0.373 e. The van der Waals surface area contributed by atoms with Crippen molar-refractivity contribution in [3.63, 3.8) is 0 Å². The quantitative estimate of drug-likeness (QED) is 0.745. The summed E-state index contributed by atoms with van der Waals surface area (Å²) in [5.74, 6) is 1.45. The normalized spacial score (nSPS) is 20.5.